The molecule has 0 saturated carbocycles. The van der Waals surface area contributed by atoms with Crippen LogP contribution in [0.2, 0.25) is 0 Å². The number of hydrogen-bond acceptors (Lipinski definition) is 3. The molecule has 18 heavy (non-hydrogen) atoms. The largest absolute Gasteiger partial charge is 0.504 e. The number of ether oxygens (including phenoxy) is 1. The molecule has 0 fully saturated rings. The highest BCUT2D eigenvalue weighted by Crippen LogP contribution is 2.32. The summed E-state index contributed by atoms with van der Waals surface area (Å²) < 4.78 is 5.92. The summed E-state index contributed by atoms with van der Waals surface area (Å²) in [5.74, 6) is 0.702. The van der Waals surface area contributed by atoms with Gasteiger partial charge in [0.25, 0.3) is 0 Å². The Labute approximate surface area is 120 Å². The van der Waals surface area contributed by atoms with E-state index in [0.717, 1.165) is 14.8 Å². The smallest absolute Gasteiger partial charge is 0.171 e. The van der Waals surface area contributed by atoms with Crippen LogP contribution in [0.15, 0.2) is 42.5 Å². The third kappa shape index (κ3) is 3.07. The number of hydrogen-bond donors (Lipinski definition) is 2. The summed E-state index contributed by atoms with van der Waals surface area (Å²) in [6, 6.07) is 13.8. The number of benzene rings is 2. The van der Waals surface area contributed by atoms with Crippen molar-refractivity contribution in [3.8, 4) is 11.5 Å². The fraction of sp³-hybridized carbons (Fsp3) is 0.143. The maximum absolute atomic E-state index is 9.75. The van der Waals surface area contributed by atoms with Crippen molar-refractivity contribution >= 4 is 28.3 Å². The lowest BCUT2D eigenvalue weighted by atomic mass is 10.2. The van der Waals surface area contributed by atoms with Crippen molar-refractivity contribution in [2.24, 2.45) is 0 Å². The molecule has 2 aromatic carbocycles. The Balaban J connectivity index is 2.13. The van der Waals surface area contributed by atoms with Crippen molar-refractivity contribution in [2.45, 2.75) is 6.54 Å². The van der Waals surface area contributed by atoms with Crippen LogP contribution in [0.4, 0.5) is 5.69 Å². The third-order valence-electron chi connectivity index (χ3n) is 2.58. The number of anilines is 1. The second kappa shape index (κ2) is 5.95. The standard InChI is InChI=1S/C14H14INO2/c1-18-13-8-10(7-12(15)14(13)17)9-16-11-5-3-2-4-6-11/h2-8,16-17H,9H2,1H3. The van der Waals surface area contributed by atoms with Crippen LogP contribution < -0.4 is 10.1 Å². The van der Waals surface area contributed by atoms with Gasteiger partial charge in [0, 0.05) is 12.2 Å². The molecular formula is C14H14INO2. The van der Waals surface area contributed by atoms with Gasteiger partial charge in [-0.05, 0) is 52.4 Å². The van der Waals surface area contributed by atoms with Crippen LogP contribution in [0.1, 0.15) is 5.56 Å². The topological polar surface area (TPSA) is 41.5 Å². The predicted octanol–water partition coefficient (Wildman–Crippen LogP) is 3.62. The predicted molar refractivity (Wildman–Crippen MR) is 81.1 cm³/mol. The van der Waals surface area contributed by atoms with Gasteiger partial charge in [-0.15, -0.1) is 0 Å². The molecule has 0 amide bonds. The summed E-state index contributed by atoms with van der Waals surface area (Å²) in [6.07, 6.45) is 0. The first-order valence-electron chi connectivity index (χ1n) is 5.55. The van der Waals surface area contributed by atoms with Crippen LogP contribution in [0.25, 0.3) is 0 Å². The average Bonchev–Trinajstić information content (AvgIpc) is 2.41. The molecule has 0 unspecified atom stereocenters. The van der Waals surface area contributed by atoms with Gasteiger partial charge < -0.3 is 15.2 Å². The summed E-state index contributed by atoms with van der Waals surface area (Å²) in [5.41, 5.74) is 2.14. The van der Waals surface area contributed by atoms with Crippen molar-refractivity contribution in [3.63, 3.8) is 0 Å². The van der Waals surface area contributed by atoms with Crippen molar-refractivity contribution < 1.29 is 9.84 Å². The normalized spacial score (nSPS) is 10.1. The van der Waals surface area contributed by atoms with Gasteiger partial charge in [0.2, 0.25) is 0 Å². The lowest BCUT2D eigenvalue weighted by Gasteiger charge is -2.10. The molecule has 0 spiro atoms. The molecule has 0 saturated heterocycles. The Kier molecular flexibility index (Phi) is 4.30. The zero-order valence-electron chi connectivity index (χ0n) is 9.98. The zero-order chi connectivity index (χ0) is 13.0. The molecule has 0 aliphatic heterocycles. The second-order valence-corrected chi connectivity index (χ2v) is 5.01. The Morgan fingerprint density at radius 1 is 1.22 bits per heavy atom. The van der Waals surface area contributed by atoms with Gasteiger partial charge in [0.1, 0.15) is 0 Å². The molecule has 0 aliphatic carbocycles. The van der Waals surface area contributed by atoms with E-state index >= 15 is 0 Å². The van der Waals surface area contributed by atoms with Crippen LogP contribution >= 0.6 is 22.6 Å². The maximum atomic E-state index is 9.75. The number of para-hydroxylation sites is 1. The molecule has 2 aromatic rings. The number of methoxy groups -OCH3 is 1. The highest BCUT2D eigenvalue weighted by molar-refractivity contribution is 14.1. The number of nitrogens with one attached hydrogen (secondary N) is 1. The van der Waals surface area contributed by atoms with Crippen LogP contribution in [0, 0.1) is 3.57 Å². The van der Waals surface area contributed by atoms with Gasteiger partial charge >= 0.3 is 0 Å². The van der Waals surface area contributed by atoms with Crippen molar-refractivity contribution in [2.75, 3.05) is 12.4 Å². The first-order chi connectivity index (χ1) is 8.70. The minimum Gasteiger partial charge on any atom is -0.504 e. The van der Waals surface area contributed by atoms with E-state index < -0.39 is 0 Å². The molecule has 0 bridgehead atoms. The van der Waals surface area contributed by atoms with Crippen LogP contribution in [0.5, 0.6) is 11.5 Å². The summed E-state index contributed by atoms with van der Waals surface area (Å²) >= 11 is 2.10. The number of aromatic hydroxyl groups is 1. The van der Waals surface area contributed by atoms with E-state index in [9.17, 15) is 5.11 Å². The monoisotopic (exact) mass is 355 g/mol. The second-order valence-electron chi connectivity index (χ2n) is 3.85. The van der Waals surface area contributed by atoms with E-state index in [1.165, 1.54) is 0 Å². The number of rotatable bonds is 4. The zero-order valence-corrected chi connectivity index (χ0v) is 12.1. The number of phenolic OH excluding ortho intramolecular Hbond substituents is 1. The highest BCUT2D eigenvalue weighted by Gasteiger charge is 2.08. The van der Waals surface area contributed by atoms with Crippen LogP contribution in [-0.2, 0) is 6.54 Å². The first-order valence-corrected chi connectivity index (χ1v) is 6.63. The van der Waals surface area contributed by atoms with Crippen molar-refractivity contribution in [1.29, 1.82) is 0 Å². The molecule has 0 aromatic heterocycles. The van der Waals surface area contributed by atoms with E-state index in [0.29, 0.717) is 12.3 Å². The van der Waals surface area contributed by atoms with Gasteiger partial charge in [-0.3, -0.25) is 0 Å². The number of phenols is 1. The lowest BCUT2D eigenvalue weighted by molar-refractivity contribution is 0.371. The van der Waals surface area contributed by atoms with E-state index in [4.69, 9.17) is 4.74 Å². The first kappa shape index (κ1) is 13.0. The van der Waals surface area contributed by atoms with Gasteiger partial charge in [0.05, 0.1) is 10.7 Å². The Hall–Kier alpha value is -1.43. The summed E-state index contributed by atoms with van der Waals surface area (Å²) in [5, 5.41) is 13.1. The van der Waals surface area contributed by atoms with Gasteiger partial charge in [-0.2, -0.15) is 0 Å². The van der Waals surface area contributed by atoms with E-state index in [-0.39, 0.29) is 5.75 Å². The molecule has 94 valence electrons. The summed E-state index contributed by atoms with van der Waals surface area (Å²) in [6.45, 7) is 0.691. The van der Waals surface area contributed by atoms with E-state index in [1.54, 1.807) is 7.11 Å². The quantitative estimate of drug-likeness (QED) is 0.824. The molecule has 3 nitrogen and oxygen atoms in total. The molecule has 0 heterocycles. The SMILES string of the molecule is COc1cc(CNc2ccccc2)cc(I)c1O. The van der Waals surface area contributed by atoms with E-state index in [1.807, 2.05) is 42.5 Å². The third-order valence-corrected chi connectivity index (χ3v) is 3.40. The molecule has 0 atom stereocenters. The number of halogens is 1. The Morgan fingerprint density at radius 3 is 2.61 bits per heavy atom. The molecular weight excluding hydrogens is 341 g/mol. The van der Waals surface area contributed by atoms with Gasteiger partial charge in [0.15, 0.2) is 11.5 Å². The van der Waals surface area contributed by atoms with Crippen LogP contribution in [-0.4, -0.2) is 12.2 Å². The lowest BCUT2D eigenvalue weighted by Crippen LogP contribution is -2.00. The van der Waals surface area contributed by atoms with Gasteiger partial charge in [-0.25, -0.2) is 0 Å². The van der Waals surface area contributed by atoms with Crippen molar-refractivity contribution in [3.05, 3.63) is 51.6 Å². The minimum atomic E-state index is 0.196. The Bertz CT molecular complexity index is 529. The maximum Gasteiger partial charge on any atom is 0.171 e. The molecule has 0 aliphatic rings. The molecule has 2 rings (SSSR count). The Morgan fingerprint density at radius 2 is 1.94 bits per heavy atom. The molecule has 0 radical (unpaired) electrons. The van der Waals surface area contributed by atoms with Crippen molar-refractivity contribution in [1.82, 2.24) is 0 Å². The average molecular weight is 355 g/mol. The fourth-order valence-electron chi connectivity index (χ4n) is 1.65. The summed E-state index contributed by atoms with van der Waals surface area (Å²) in [7, 11) is 1.56. The molecule has 2 N–H and O–H groups in total. The highest BCUT2D eigenvalue weighted by atomic mass is 127. The van der Waals surface area contributed by atoms with Crippen LogP contribution in [0.3, 0.4) is 0 Å². The summed E-state index contributed by atoms with van der Waals surface area (Å²) in [4.78, 5) is 0. The van der Waals surface area contributed by atoms with E-state index in [2.05, 4.69) is 27.9 Å². The molecule has 4 heteroatoms. The fourth-order valence-corrected chi connectivity index (χ4v) is 2.31. The van der Waals surface area contributed by atoms with Gasteiger partial charge in [-0.1, -0.05) is 18.2 Å². The minimum absolute atomic E-state index is 0.196.